The number of benzene rings is 2. The van der Waals surface area contributed by atoms with E-state index in [1.54, 1.807) is 0 Å². The summed E-state index contributed by atoms with van der Waals surface area (Å²) in [6.07, 6.45) is 0. The third-order valence-electron chi connectivity index (χ3n) is 3.64. The highest BCUT2D eigenvalue weighted by atomic mass is 35.5. The number of para-hydroxylation sites is 1. The van der Waals surface area contributed by atoms with Gasteiger partial charge in [-0.25, -0.2) is 8.42 Å². The normalized spacial score (nSPS) is 12.7. The number of halogens is 2. The van der Waals surface area contributed by atoms with Gasteiger partial charge in [0.2, 0.25) is 15.9 Å². The number of carbonyl (C=O) groups is 1. The molecule has 25 heavy (non-hydrogen) atoms. The summed E-state index contributed by atoms with van der Waals surface area (Å²) < 4.78 is 27.3. The van der Waals surface area contributed by atoms with Crippen molar-refractivity contribution in [1.82, 2.24) is 4.72 Å². The van der Waals surface area contributed by atoms with Crippen LogP contribution in [0.5, 0.6) is 0 Å². The second kappa shape index (κ2) is 7.74. The minimum atomic E-state index is -4.00. The molecule has 0 radical (unpaired) electrons. The van der Waals surface area contributed by atoms with Gasteiger partial charge in [0.05, 0.1) is 11.1 Å². The van der Waals surface area contributed by atoms with Crippen molar-refractivity contribution >= 4 is 44.8 Å². The van der Waals surface area contributed by atoms with Crippen LogP contribution < -0.4 is 10.0 Å². The Hall–Kier alpha value is -1.60. The van der Waals surface area contributed by atoms with E-state index in [0.29, 0.717) is 5.69 Å². The molecule has 1 amide bonds. The molecular formula is C17H18Cl2N2O3S. The molecule has 0 aromatic heterocycles. The van der Waals surface area contributed by atoms with Crippen LogP contribution in [0.4, 0.5) is 5.69 Å². The molecule has 0 aliphatic carbocycles. The number of rotatable bonds is 5. The van der Waals surface area contributed by atoms with Gasteiger partial charge in [0.15, 0.2) is 0 Å². The van der Waals surface area contributed by atoms with Crippen LogP contribution in [0.2, 0.25) is 10.0 Å². The van der Waals surface area contributed by atoms with Crippen LogP contribution >= 0.6 is 23.2 Å². The lowest BCUT2D eigenvalue weighted by Gasteiger charge is -2.17. The summed E-state index contributed by atoms with van der Waals surface area (Å²) in [5.74, 6) is -0.473. The number of anilines is 1. The summed E-state index contributed by atoms with van der Waals surface area (Å²) in [4.78, 5) is 12.2. The van der Waals surface area contributed by atoms with Crippen molar-refractivity contribution in [2.45, 2.75) is 31.7 Å². The molecule has 1 unspecified atom stereocenters. The fourth-order valence-corrected chi connectivity index (χ4v) is 4.24. The Bertz CT molecular complexity index is 894. The zero-order chi connectivity index (χ0) is 18.8. The molecule has 0 heterocycles. The topological polar surface area (TPSA) is 75.3 Å². The highest BCUT2D eigenvalue weighted by Gasteiger charge is 2.25. The summed E-state index contributed by atoms with van der Waals surface area (Å²) >= 11 is 11.8. The largest absolute Gasteiger partial charge is 0.324 e. The van der Waals surface area contributed by atoms with E-state index in [2.05, 4.69) is 10.0 Å². The summed E-state index contributed by atoms with van der Waals surface area (Å²) in [6, 6.07) is 8.72. The number of nitrogens with one attached hydrogen (secondary N) is 2. The smallest absolute Gasteiger partial charge is 0.242 e. The summed E-state index contributed by atoms with van der Waals surface area (Å²) in [5, 5.41) is 3.01. The van der Waals surface area contributed by atoms with E-state index in [9.17, 15) is 13.2 Å². The second-order valence-corrected chi connectivity index (χ2v) is 8.20. The van der Waals surface area contributed by atoms with Gasteiger partial charge < -0.3 is 5.32 Å². The molecular weight excluding hydrogens is 383 g/mol. The van der Waals surface area contributed by atoms with Gasteiger partial charge in [0.1, 0.15) is 4.90 Å². The van der Waals surface area contributed by atoms with E-state index < -0.39 is 22.0 Å². The third kappa shape index (κ3) is 4.73. The molecule has 0 saturated carbocycles. The number of hydrogen-bond acceptors (Lipinski definition) is 3. The Kier molecular flexibility index (Phi) is 6.11. The van der Waals surface area contributed by atoms with Gasteiger partial charge in [-0.2, -0.15) is 4.72 Å². The molecule has 2 aromatic carbocycles. The minimum absolute atomic E-state index is 0.0271. The average molecular weight is 401 g/mol. The fourth-order valence-electron chi connectivity index (χ4n) is 2.28. The van der Waals surface area contributed by atoms with Crippen LogP contribution in [0, 0.1) is 13.8 Å². The third-order valence-corrected chi connectivity index (χ3v) is 5.89. The molecule has 0 bridgehead atoms. The molecule has 134 valence electrons. The summed E-state index contributed by atoms with van der Waals surface area (Å²) in [6.45, 7) is 5.19. The van der Waals surface area contributed by atoms with E-state index in [1.807, 2.05) is 32.0 Å². The molecule has 2 N–H and O–H groups in total. The van der Waals surface area contributed by atoms with Crippen molar-refractivity contribution in [2.24, 2.45) is 0 Å². The summed E-state index contributed by atoms with van der Waals surface area (Å²) in [7, 11) is -4.00. The Morgan fingerprint density at radius 2 is 1.68 bits per heavy atom. The minimum Gasteiger partial charge on any atom is -0.324 e. The van der Waals surface area contributed by atoms with Crippen LogP contribution in [0.15, 0.2) is 41.3 Å². The number of aryl methyl sites for hydroxylation is 2. The van der Waals surface area contributed by atoms with E-state index in [1.165, 1.54) is 25.1 Å². The van der Waals surface area contributed by atoms with Gasteiger partial charge >= 0.3 is 0 Å². The van der Waals surface area contributed by atoms with Gasteiger partial charge in [-0.1, -0.05) is 41.4 Å². The SMILES string of the molecule is Cc1cccc(C)c1NC(=O)C(C)NS(=O)(=O)c1cc(Cl)ccc1Cl. The lowest BCUT2D eigenvalue weighted by molar-refractivity contribution is -0.117. The number of amides is 1. The van der Waals surface area contributed by atoms with Gasteiger partial charge in [-0.3, -0.25) is 4.79 Å². The van der Waals surface area contributed by atoms with Crippen LogP contribution in [0.3, 0.4) is 0 Å². The van der Waals surface area contributed by atoms with Crippen LogP contribution in [0.25, 0.3) is 0 Å². The van der Waals surface area contributed by atoms with Crippen molar-refractivity contribution in [3.8, 4) is 0 Å². The molecule has 0 fully saturated rings. The van der Waals surface area contributed by atoms with Gasteiger partial charge in [0, 0.05) is 10.7 Å². The lowest BCUT2D eigenvalue weighted by atomic mass is 10.1. The molecule has 0 aliphatic heterocycles. The van der Waals surface area contributed by atoms with Crippen molar-refractivity contribution in [3.63, 3.8) is 0 Å². The molecule has 1 atom stereocenters. The Morgan fingerprint density at radius 1 is 1.08 bits per heavy atom. The van der Waals surface area contributed by atoms with Crippen molar-refractivity contribution in [3.05, 3.63) is 57.6 Å². The molecule has 8 heteroatoms. The van der Waals surface area contributed by atoms with Gasteiger partial charge in [0.25, 0.3) is 0 Å². The Balaban J connectivity index is 2.19. The van der Waals surface area contributed by atoms with Crippen LogP contribution in [-0.2, 0) is 14.8 Å². The highest BCUT2D eigenvalue weighted by molar-refractivity contribution is 7.89. The molecule has 5 nitrogen and oxygen atoms in total. The van der Waals surface area contributed by atoms with Crippen molar-refractivity contribution < 1.29 is 13.2 Å². The first-order valence-corrected chi connectivity index (χ1v) is 9.70. The van der Waals surface area contributed by atoms with E-state index >= 15 is 0 Å². The maximum absolute atomic E-state index is 12.5. The lowest BCUT2D eigenvalue weighted by Crippen LogP contribution is -2.41. The van der Waals surface area contributed by atoms with Crippen LogP contribution in [0.1, 0.15) is 18.1 Å². The molecule has 0 aliphatic rings. The first kappa shape index (κ1) is 19.7. The predicted molar refractivity (Wildman–Crippen MR) is 101 cm³/mol. The van der Waals surface area contributed by atoms with Gasteiger partial charge in [-0.15, -0.1) is 0 Å². The Morgan fingerprint density at radius 3 is 2.28 bits per heavy atom. The number of sulfonamides is 1. The summed E-state index contributed by atoms with van der Waals surface area (Å²) in [5.41, 5.74) is 2.45. The zero-order valence-corrected chi connectivity index (χ0v) is 16.3. The first-order chi connectivity index (χ1) is 11.6. The van der Waals surface area contributed by atoms with E-state index in [-0.39, 0.29) is 14.9 Å². The number of hydrogen-bond donors (Lipinski definition) is 2. The maximum Gasteiger partial charge on any atom is 0.242 e. The van der Waals surface area contributed by atoms with E-state index in [0.717, 1.165) is 11.1 Å². The number of carbonyl (C=O) groups excluding carboxylic acids is 1. The Labute approximate surface area is 157 Å². The van der Waals surface area contributed by atoms with Crippen molar-refractivity contribution in [2.75, 3.05) is 5.32 Å². The van der Waals surface area contributed by atoms with Gasteiger partial charge in [-0.05, 0) is 50.1 Å². The second-order valence-electron chi connectivity index (χ2n) is 5.67. The maximum atomic E-state index is 12.5. The molecule has 0 spiro atoms. The first-order valence-electron chi connectivity index (χ1n) is 7.46. The van der Waals surface area contributed by atoms with Crippen molar-refractivity contribution in [1.29, 1.82) is 0 Å². The monoisotopic (exact) mass is 400 g/mol. The average Bonchev–Trinajstić information content (AvgIpc) is 2.52. The quantitative estimate of drug-likeness (QED) is 0.798. The van der Waals surface area contributed by atoms with E-state index in [4.69, 9.17) is 23.2 Å². The molecule has 2 aromatic rings. The predicted octanol–water partition coefficient (Wildman–Crippen LogP) is 3.92. The van der Waals surface area contributed by atoms with Crippen LogP contribution in [-0.4, -0.2) is 20.4 Å². The highest BCUT2D eigenvalue weighted by Crippen LogP contribution is 2.25. The molecule has 0 saturated heterocycles. The fraction of sp³-hybridized carbons (Fsp3) is 0.235. The molecule has 2 rings (SSSR count). The standard InChI is InChI=1S/C17H18Cl2N2O3S/c1-10-5-4-6-11(2)16(10)20-17(22)12(3)21-25(23,24)15-9-13(18)7-8-14(15)19/h4-9,12,21H,1-3H3,(H,20,22). The zero-order valence-electron chi connectivity index (χ0n) is 13.9.